The minimum absolute atomic E-state index is 0.0806. The lowest BCUT2D eigenvalue weighted by atomic mass is 10.0. The molecule has 0 N–H and O–H groups in total. The predicted molar refractivity (Wildman–Crippen MR) is 122 cm³/mol. The number of aromatic nitrogens is 3. The van der Waals surface area contributed by atoms with Crippen LogP contribution in [0.25, 0.3) is 21.0 Å². The van der Waals surface area contributed by atoms with Crippen LogP contribution in [0.1, 0.15) is 5.56 Å². The number of halogens is 1. The normalized spacial score (nSPS) is 11.3. The molecule has 0 unspecified atom stereocenters. The number of benzene rings is 3. The van der Waals surface area contributed by atoms with Crippen molar-refractivity contribution < 1.29 is 9.18 Å². The lowest BCUT2D eigenvalue weighted by Gasteiger charge is -2.20. The van der Waals surface area contributed by atoms with Gasteiger partial charge in [-0.1, -0.05) is 59.9 Å². The summed E-state index contributed by atoms with van der Waals surface area (Å²) in [6, 6.07) is 20.7. The van der Waals surface area contributed by atoms with Crippen LogP contribution in [-0.4, -0.2) is 27.2 Å². The predicted octanol–water partition coefficient (Wildman–Crippen LogP) is 5.06. The lowest BCUT2D eigenvalue weighted by molar-refractivity contribution is -0.118. The van der Waals surface area contributed by atoms with Gasteiger partial charge in [-0.2, -0.15) is 5.10 Å². The Kier molecular flexibility index (Phi) is 5.18. The van der Waals surface area contributed by atoms with E-state index in [-0.39, 0.29) is 18.1 Å². The fourth-order valence-corrected chi connectivity index (χ4v) is 4.71. The van der Waals surface area contributed by atoms with E-state index in [0.717, 1.165) is 21.0 Å². The molecule has 0 saturated carbocycles. The highest BCUT2D eigenvalue weighted by Crippen LogP contribution is 2.31. The molecule has 2 aromatic heterocycles. The number of hydrogen-bond donors (Lipinski definition) is 0. The maximum atomic E-state index is 14.2. The number of thiazole rings is 1. The Labute approximate surface area is 182 Å². The Morgan fingerprint density at radius 3 is 2.71 bits per heavy atom. The Hall–Kier alpha value is -3.58. The molecule has 0 atom stereocenters. The number of carbonyl (C=O) groups is 1. The van der Waals surface area contributed by atoms with E-state index >= 15 is 0 Å². The van der Waals surface area contributed by atoms with Gasteiger partial charge in [0.25, 0.3) is 0 Å². The second kappa shape index (κ2) is 8.28. The first-order valence-corrected chi connectivity index (χ1v) is 10.8. The average Bonchev–Trinajstić information content (AvgIpc) is 3.45. The minimum Gasteiger partial charge on any atom is -0.286 e. The van der Waals surface area contributed by atoms with Crippen molar-refractivity contribution in [2.75, 3.05) is 11.4 Å². The van der Waals surface area contributed by atoms with Crippen molar-refractivity contribution in [2.45, 2.75) is 13.0 Å². The van der Waals surface area contributed by atoms with Gasteiger partial charge >= 0.3 is 0 Å². The van der Waals surface area contributed by atoms with E-state index in [1.54, 1.807) is 21.8 Å². The van der Waals surface area contributed by atoms with Crippen LogP contribution in [0.5, 0.6) is 0 Å². The molecule has 0 radical (unpaired) electrons. The third kappa shape index (κ3) is 3.92. The molecule has 154 valence electrons. The highest BCUT2D eigenvalue weighted by molar-refractivity contribution is 7.22. The van der Waals surface area contributed by atoms with Crippen molar-refractivity contribution in [2.24, 2.45) is 0 Å². The van der Waals surface area contributed by atoms with Gasteiger partial charge in [-0.3, -0.25) is 14.4 Å². The highest BCUT2D eigenvalue weighted by atomic mass is 32.1. The maximum Gasteiger partial charge on any atom is 0.233 e. The highest BCUT2D eigenvalue weighted by Gasteiger charge is 2.21. The van der Waals surface area contributed by atoms with E-state index in [0.29, 0.717) is 23.7 Å². The number of hydrogen-bond acceptors (Lipinski definition) is 4. The first kappa shape index (κ1) is 19.4. The minimum atomic E-state index is -0.381. The van der Waals surface area contributed by atoms with Gasteiger partial charge in [-0.05, 0) is 34.5 Å². The zero-order valence-corrected chi connectivity index (χ0v) is 17.4. The first-order valence-electron chi connectivity index (χ1n) is 9.98. The molecule has 0 saturated heterocycles. The molecule has 0 aliphatic rings. The number of rotatable bonds is 6. The van der Waals surface area contributed by atoms with Crippen LogP contribution in [0.15, 0.2) is 79.1 Å². The monoisotopic (exact) mass is 430 g/mol. The molecule has 0 spiro atoms. The van der Waals surface area contributed by atoms with Gasteiger partial charge in [0.15, 0.2) is 5.13 Å². The zero-order chi connectivity index (χ0) is 21.2. The fraction of sp³-hybridized carbons (Fsp3) is 0.125. The molecule has 5 aromatic rings. The number of para-hydroxylation sites is 1. The molecule has 7 heteroatoms. The second-order valence-corrected chi connectivity index (χ2v) is 8.22. The molecule has 5 rings (SSSR count). The largest absolute Gasteiger partial charge is 0.286 e. The second-order valence-electron chi connectivity index (χ2n) is 7.21. The summed E-state index contributed by atoms with van der Waals surface area (Å²) < 4.78 is 16.7. The van der Waals surface area contributed by atoms with Gasteiger partial charge in [0.1, 0.15) is 11.3 Å². The van der Waals surface area contributed by atoms with Crippen LogP contribution in [0.2, 0.25) is 0 Å². The van der Waals surface area contributed by atoms with E-state index in [1.807, 2.05) is 60.8 Å². The summed E-state index contributed by atoms with van der Waals surface area (Å²) in [7, 11) is 0. The standard InChI is InChI=1S/C24H19FN4OS/c25-20-10-4-11-21-23(20)27-24(31-21)29(15-14-28-13-5-12-26-28)22(30)16-18-8-3-7-17-6-1-2-9-19(17)18/h1-13H,14-16H2. The Morgan fingerprint density at radius 1 is 1.03 bits per heavy atom. The Balaban J connectivity index is 1.49. The van der Waals surface area contributed by atoms with Gasteiger partial charge in [-0.25, -0.2) is 9.37 Å². The fourth-order valence-electron chi connectivity index (χ4n) is 3.69. The number of anilines is 1. The molecular formula is C24H19FN4OS. The SMILES string of the molecule is O=C(Cc1cccc2ccccc12)N(CCn1cccn1)c1nc2c(F)cccc2s1. The van der Waals surface area contributed by atoms with Crippen LogP contribution >= 0.6 is 11.3 Å². The first-order chi connectivity index (χ1) is 15.2. The molecule has 0 aliphatic heterocycles. The number of fused-ring (bicyclic) bond motifs is 2. The molecule has 31 heavy (non-hydrogen) atoms. The van der Waals surface area contributed by atoms with E-state index in [2.05, 4.69) is 10.1 Å². The summed E-state index contributed by atoms with van der Waals surface area (Å²) in [6.07, 6.45) is 3.79. The van der Waals surface area contributed by atoms with E-state index in [1.165, 1.54) is 17.4 Å². The van der Waals surface area contributed by atoms with Crippen LogP contribution < -0.4 is 4.90 Å². The number of carbonyl (C=O) groups excluding carboxylic acids is 1. The maximum absolute atomic E-state index is 14.2. The van der Waals surface area contributed by atoms with Crippen LogP contribution in [-0.2, 0) is 17.8 Å². The third-order valence-electron chi connectivity index (χ3n) is 5.22. The summed E-state index contributed by atoms with van der Waals surface area (Å²) in [5.74, 6) is -0.462. The topological polar surface area (TPSA) is 51.0 Å². The van der Waals surface area contributed by atoms with Gasteiger partial charge in [0.2, 0.25) is 5.91 Å². The molecule has 5 nitrogen and oxygen atoms in total. The average molecular weight is 431 g/mol. The van der Waals surface area contributed by atoms with Gasteiger partial charge < -0.3 is 0 Å². The van der Waals surface area contributed by atoms with E-state index in [4.69, 9.17) is 0 Å². The lowest BCUT2D eigenvalue weighted by Crippen LogP contribution is -2.35. The van der Waals surface area contributed by atoms with Gasteiger partial charge in [-0.15, -0.1) is 0 Å². The third-order valence-corrected chi connectivity index (χ3v) is 6.27. The smallest absolute Gasteiger partial charge is 0.233 e. The summed E-state index contributed by atoms with van der Waals surface area (Å²) in [6.45, 7) is 0.916. The molecule has 2 heterocycles. The number of nitrogens with zero attached hydrogens (tertiary/aromatic N) is 4. The van der Waals surface area contributed by atoms with Crippen molar-refractivity contribution in [3.05, 3.63) is 90.5 Å². The summed E-state index contributed by atoms with van der Waals surface area (Å²) in [5, 5.41) is 6.87. The van der Waals surface area contributed by atoms with Crippen molar-refractivity contribution in [1.82, 2.24) is 14.8 Å². The van der Waals surface area contributed by atoms with Crippen LogP contribution in [0.4, 0.5) is 9.52 Å². The summed E-state index contributed by atoms with van der Waals surface area (Å²) in [4.78, 5) is 19.6. The molecule has 3 aromatic carbocycles. The molecule has 0 aliphatic carbocycles. The molecular weight excluding hydrogens is 411 g/mol. The summed E-state index contributed by atoms with van der Waals surface area (Å²) >= 11 is 1.32. The number of amides is 1. The molecule has 0 bridgehead atoms. The quantitative estimate of drug-likeness (QED) is 0.378. The van der Waals surface area contributed by atoms with E-state index < -0.39 is 0 Å². The van der Waals surface area contributed by atoms with Crippen LogP contribution in [0, 0.1) is 5.82 Å². The Morgan fingerprint density at radius 2 is 1.87 bits per heavy atom. The van der Waals surface area contributed by atoms with Crippen LogP contribution in [0.3, 0.4) is 0 Å². The molecule has 0 fully saturated rings. The van der Waals surface area contributed by atoms with Crippen molar-refractivity contribution in [3.8, 4) is 0 Å². The van der Waals surface area contributed by atoms with Crippen molar-refractivity contribution >= 4 is 43.4 Å². The van der Waals surface area contributed by atoms with Gasteiger partial charge in [0.05, 0.1) is 17.7 Å². The van der Waals surface area contributed by atoms with Crippen molar-refractivity contribution in [1.29, 1.82) is 0 Å². The Bertz CT molecular complexity index is 1360. The summed E-state index contributed by atoms with van der Waals surface area (Å²) in [5.41, 5.74) is 1.25. The zero-order valence-electron chi connectivity index (χ0n) is 16.6. The van der Waals surface area contributed by atoms with Gasteiger partial charge in [0, 0.05) is 18.9 Å². The van der Waals surface area contributed by atoms with Crippen molar-refractivity contribution in [3.63, 3.8) is 0 Å². The van der Waals surface area contributed by atoms with E-state index in [9.17, 15) is 9.18 Å². The molecule has 1 amide bonds.